The molecule has 1 N–H and O–H groups in total. The van der Waals surface area contributed by atoms with E-state index in [1.165, 1.54) is 0 Å². The maximum Gasteiger partial charge on any atom is 0.317 e. The fourth-order valence-electron chi connectivity index (χ4n) is 2.61. The molecule has 0 aliphatic carbocycles. The van der Waals surface area contributed by atoms with Gasteiger partial charge in [-0.1, -0.05) is 6.92 Å². The molecule has 2 rings (SSSR count). The third-order valence-electron chi connectivity index (χ3n) is 4.08. The van der Waals surface area contributed by atoms with E-state index in [-0.39, 0.29) is 6.03 Å². The molecule has 0 radical (unpaired) electrons. The highest BCUT2D eigenvalue weighted by molar-refractivity contribution is 5.74. The van der Waals surface area contributed by atoms with Gasteiger partial charge in [-0.25, -0.2) is 4.79 Å². The lowest BCUT2D eigenvalue weighted by molar-refractivity contribution is 0.204. The average molecular weight is 279 g/mol. The number of hydrogen-bond donors (Lipinski definition) is 1. The van der Waals surface area contributed by atoms with Gasteiger partial charge in [-0.2, -0.15) is 0 Å². The van der Waals surface area contributed by atoms with E-state index < -0.39 is 0 Å². The van der Waals surface area contributed by atoms with Crippen molar-refractivity contribution in [2.75, 3.05) is 33.2 Å². The molecule has 20 heavy (non-hydrogen) atoms. The SMILES string of the molecule is CCN(C)C[C@H]1CCN(C(=O)NCc2ccoc2C)C1. The summed E-state index contributed by atoms with van der Waals surface area (Å²) in [5.74, 6) is 1.47. The summed E-state index contributed by atoms with van der Waals surface area (Å²) < 4.78 is 5.22. The van der Waals surface area contributed by atoms with Gasteiger partial charge in [0.2, 0.25) is 0 Å². The molecule has 0 spiro atoms. The smallest absolute Gasteiger partial charge is 0.317 e. The second-order valence-electron chi connectivity index (χ2n) is 5.62. The molecule has 1 aliphatic heterocycles. The number of amides is 2. The summed E-state index contributed by atoms with van der Waals surface area (Å²) in [7, 11) is 2.13. The minimum absolute atomic E-state index is 0.0345. The molecule has 112 valence electrons. The lowest BCUT2D eigenvalue weighted by Crippen LogP contribution is -2.38. The molecule has 0 saturated carbocycles. The van der Waals surface area contributed by atoms with Crippen molar-refractivity contribution in [2.24, 2.45) is 5.92 Å². The van der Waals surface area contributed by atoms with E-state index in [2.05, 4.69) is 24.2 Å². The van der Waals surface area contributed by atoms with Crippen molar-refractivity contribution in [3.8, 4) is 0 Å². The number of rotatable bonds is 5. The number of carbonyl (C=O) groups is 1. The summed E-state index contributed by atoms with van der Waals surface area (Å²) >= 11 is 0. The molecule has 0 bridgehead atoms. The first kappa shape index (κ1) is 14.9. The van der Waals surface area contributed by atoms with Gasteiger partial charge in [0.15, 0.2) is 0 Å². The minimum Gasteiger partial charge on any atom is -0.469 e. The van der Waals surface area contributed by atoms with E-state index >= 15 is 0 Å². The quantitative estimate of drug-likeness (QED) is 0.897. The molecule has 2 amide bonds. The van der Waals surface area contributed by atoms with E-state index in [0.29, 0.717) is 12.5 Å². The predicted molar refractivity (Wildman–Crippen MR) is 78.5 cm³/mol. The molecule has 2 heterocycles. The average Bonchev–Trinajstić information content (AvgIpc) is 3.05. The van der Waals surface area contributed by atoms with E-state index in [4.69, 9.17) is 4.42 Å². The predicted octanol–water partition coefficient (Wildman–Crippen LogP) is 2.07. The molecule has 1 aromatic rings. The van der Waals surface area contributed by atoms with Crippen molar-refractivity contribution in [3.63, 3.8) is 0 Å². The third-order valence-corrected chi connectivity index (χ3v) is 4.08. The number of carbonyl (C=O) groups excluding carboxylic acids is 1. The largest absolute Gasteiger partial charge is 0.469 e. The molecule has 1 atom stereocenters. The van der Waals surface area contributed by atoms with Crippen molar-refractivity contribution >= 4 is 6.03 Å². The molecule has 1 aromatic heterocycles. The van der Waals surface area contributed by atoms with E-state index in [1.54, 1.807) is 6.26 Å². The Hall–Kier alpha value is -1.49. The molecule has 0 unspecified atom stereocenters. The highest BCUT2D eigenvalue weighted by Gasteiger charge is 2.26. The van der Waals surface area contributed by atoms with Crippen LogP contribution in [0.1, 0.15) is 24.7 Å². The molecule has 1 aliphatic rings. The van der Waals surface area contributed by atoms with Gasteiger partial charge in [-0.15, -0.1) is 0 Å². The molecular weight excluding hydrogens is 254 g/mol. The van der Waals surface area contributed by atoms with Crippen molar-refractivity contribution in [2.45, 2.75) is 26.8 Å². The zero-order valence-corrected chi connectivity index (χ0v) is 12.7. The summed E-state index contributed by atoms with van der Waals surface area (Å²) in [6.45, 7) is 8.46. The Morgan fingerprint density at radius 3 is 3.05 bits per heavy atom. The maximum absolute atomic E-state index is 12.1. The summed E-state index contributed by atoms with van der Waals surface area (Å²) in [5, 5.41) is 2.97. The molecule has 1 saturated heterocycles. The van der Waals surface area contributed by atoms with Crippen LogP contribution in [0, 0.1) is 12.8 Å². The number of nitrogens with zero attached hydrogens (tertiary/aromatic N) is 2. The van der Waals surface area contributed by atoms with Gasteiger partial charge in [0.05, 0.1) is 6.26 Å². The van der Waals surface area contributed by atoms with Crippen LogP contribution in [0.3, 0.4) is 0 Å². The van der Waals surface area contributed by atoms with Crippen LogP contribution < -0.4 is 5.32 Å². The summed E-state index contributed by atoms with van der Waals surface area (Å²) in [4.78, 5) is 16.3. The van der Waals surface area contributed by atoms with Gasteiger partial charge >= 0.3 is 6.03 Å². The minimum atomic E-state index is 0.0345. The van der Waals surface area contributed by atoms with Crippen LogP contribution in [0.4, 0.5) is 4.79 Å². The number of urea groups is 1. The Morgan fingerprint density at radius 2 is 2.40 bits per heavy atom. The first-order valence-electron chi connectivity index (χ1n) is 7.34. The van der Waals surface area contributed by atoms with Gasteiger partial charge in [0, 0.05) is 31.7 Å². The first-order valence-corrected chi connectivity index (χ1v) is 7.34. The Balaban J connectivity index is 1.75. The van der Waals surface area contributed by atoms with E-state index in [0.717, 1.165) is 43.9 Å². The van der Waals surface area contributed by atoms with E-state index in [1.807, 2.05) is 17.9 Å². The van der Waals surface area contributed by atoms with Crippen LogP contribution in [0.5, 0.6) is 0 Å². The Morgan fingerprint density at radius 1 is 1.60 bits per heavy atom. The van der Waals surface area contributed by atoms with Gasteiger partial charge in [-0.3, -0.25) is 0 Å². The van der Waals surface area contributed by atoms with Crippen molar-refractivity contribution in [1.82, 2.24) is 15.1 Å². The van der Waals surface area contributed by atoms with Crippen molar-refractivity contribution < 1.29 is 9.21 Å². The zero-order valence-electron chi connectivity index (χ0n) is 12.7. The van der Waals surface area contributed by atoms with Crippen LogP contribution >= 0.6 is 0 Å². The molecular formula is C15H25N3O2. The maximum atomic E-state index is 12.1. The first-order chi connectivity index (χ1) is 9.60. The summed E-state index contributed by atoms with van der Waals surface area (Å²) in [6, 6.07) is 1.94. The Kier molecular flexibility index (Phi) is 5.06. The van der Waals surface area contributed by atoms with E-state index in [9.17, 15) is 4.79 Å². The fraction of sp³-hybridized carbons (Fsp3) is 0.667. The summed E-state index contributed by atoms with van der Waals surface area (Å²) in [6.07, 6.45) is 2.76. The standard InChI is InChI=1S/C15H25N3O2/c1-4-17(3)10-13-5-7-18(11-13)15(19)16-9-14-6-8-20-12(14)2/h6,8,13H,4-5,7,9-11H2,1-3H3,(H,16,19)/t13-/m1/s1. The Bertz CT molecular complexity index is 444. The zero-order chi connectivity index (χ0) is 14.5. The Labute approximate surface area is 120 Å². The molecule has 5 nitrogen and oxygen atoms in total. The lowest BCUT2D eigenvalue weighted by atomic mass is 10.1. The highest BCUT2D eigenvalue weighted by atomic mass is 16.3. The highest BCUT2D eigenvalue weighted by Crippen LogP contribution is 2.17. The second kappa shape index (κ2) is 6.79. The third kappa shape index (κ3) is 3.76. The number of aryl methyl sites for hydroxylation is 1. The number of likely N-dealkylation sites (tertiary alicyclic amines) is 1. The van der Waals surface area contributed by atoms with Crippen LogP contribution in [0.2, 0.25) is 0 Å². The lowest BCUT2D eigenvalue weighted by Gasteiger charge is -2.20. The monoisotopic (exact) mass is 279 g/mol. The topological polar surface area (TPSA) is 48.7 Å². The van der Waals surface area contributed by atoms with Gasteiger partial charge in [0.1, 0.15) is 5.76 Å². The fourth-order valence-corrected chi connectivity index (χ4v) is 2.61. The normalized spacial score (nSPS) is 18.8. The van der Waals surface area contributed by atoms with Gasteiger partial charge < -0.3 is 19.5 Å². The summed E-state index contributed by atoms with van der Waals surface area (Å²) in [5.41, 5.74) is 1.04. The van der Waals surface area contributed by atoms with Crippen LogP contribution in [-0.4, -0.2) is 49.1 Å². The molecule has 5 heteroatoms. The van der Waals surface area contributed by atoms with Crippen molar-refractivity contribution in [3.05, 3.63) is 23.7 Å². The van der Waals surface area contributed by atoms with Crippen LogP contribution in [0.25, 0.3) is 0 Å². The molecule has 0 aromatic carbocycles. The second-order valence-corrected chi connectivity index (χ2v) is 5.62. The van der Waals surface area contributed by atoms with Crippen LogP contribution in [-0.2, 0) is 6.54 Å². The number of nitrogens with one attached hydrogen (secondary N) is 1. The van der Waals surface area contributed by atoms with Crippen molar-refractivity contribution in [1.29, 1.82) is 0 Å². The van der Waals surface area contributed by atoms with Gasteiger partial charge in [-0.05, 0) is 38.9 Å². The van der Waals surface area contributed by atoms with Crippen LogP contribution in [0.15, 0.2) is 16.7 Å². The molecule has 1 fully saturated rings. The number of hydrogen-bond acceptors (Lipinski definition) is 3. The van der Waals surface area contributed by atoms with Gasteiger partial charge in [0.25, 0.3) is 0 Å². The number of furan rings is 1.